The molecule has 2 rings (SSSR count). The number of hydrogen-bond donors (Lipinski definition) is 2. The number of nitrogens with one attached hydrogen (secondary N) is 1. The van der Waals surface area contributed by atoms with Crippen LogP contribution in [0.1, 0.15) is 20.3 Å². The Balaban J connectivity index is 0.00000106. The van der Waals surface area contributed by atoms with Crippen molar-refractivity contribution < 1.29 is 9.90 Å². The van der Waals surface area contributed by atoms with E-state index < -0.39 is 0 Å². The summed E-state index contributed by atoms with van der Waals surface area (Å²) in [4.78, 5) is 14.0. The standard InChI is InChI=1S/C13H14BrN3O2.C2H6/c1-17-7-8(5-9(17)6-15)13(19)16-11-4-2-3-10(14)12(11)18;1-2/h2-4,8-9,18H,5,7H2,1H3,(H,16,19);1-2H3. The number of rotatable bonds is 2. The van der Waals surface area contributed by atoms with Gasteiger partial charge in [0.25, 0.3) is 0 Å². The number of likely N-dealkylation sites (tertiary alicyclic amines) is 1. The molecule has 1 aromatic carbocycles. The molecule has 2 N–H and O–H groups in total. The van der Waals surface area contributed by atoms with Gasteiger partial charge >= 0.3 is 0 Å². The van der Waals surface area contributed by atoms with Crippen molar-refractivity contribution in [2.75, 3.05) is 18.9 Å². The molecule has 1 aromatic rings. The van der Waals surface area contributed by atoms with Crippen LogP contribution in [0.2, 0.25) is 0 Å². The van der Waals surface area contributed by atoms with E-state index in [0.717, 1.165) is 0 Å². The lowest BCUT2D eigenvalue weighted by molar-refractivity contribution is -0.119. The van der Waals surface area contributed by atoms with Gasteiger partial charge in [-0.1, -0.05) is 19.9 Å². The van der Waals surface area contributed by atoms with Crippen molar-refractivity contribution in [2.24, 2.45) is 5.92 Å². The maximum Gasteiger partial charge on any atom is 0.228 e. The van der Waals surface area contributed by atoms with Crippen LogP contribution in [0.5, 0.6) is 5.75 Å². The number of phenols is 1. The molecule has 0 aromatic heterocycles. The van der Waals surface area contributed by atoms with Crippen molar-refractivity contribution in [1.82, 2.24) is 4.90 Å². The summed E-state index contributed by atoms with van der Waals surface area (Å²) < 4.78 is 0.531. The van der Waals surface area contributed by atoms with Gasteiger partial charge < -0.3 is 10.4 Å². The number of hydrogen-bond acceptors (Lipinski definition) is 4. The normalized spacial score (nSPS) is 21.1. The molecule has 0 saturated carbocycles. The Bertz CT molecular complexity index is 542. The highest BCUT2D eigenvalue weighted by atomic mass is 79.9. The zero-order valence-corrected chi connectivity index (χ0v) is 14.0. The summed E-state index contributed by atoms with van der Waals surface area (Å²) in [6, 6.07) is 7.02. The predicted molar refractivity (Wildman–Crippen MR) is 85.9 cm³/mol. The van der Waals surface area contributed by atoms with E-state index in [1.807, 2.05) is 25.8 Å². The summed E-state index contributed by atoms with van der Waals surface area (Å²) in [6.45, 7) is 4.55. The lowest BCUT2D eigenvalue weighted by atomic mass is 10.1. The summed E-state index contributed by atoms with van der Waals surface area (Å²) in [6.07, 6.45) is 0.521. The van der Waals surface area contributed by atoms with Crippen LogP contribution in [0, 0.1) is 17.2 Å². The van der Waals surface area contributed by atoms with E-state index in [1.54, 1.807) is 18.2 Å². The van der Waals surface area contributed by atoms with Crippen molar-refractivity contribution in [2.45, 2.75) is 26.3 Å². The minimum absolute atomic E-state index is 0.0130. The van der Waals surface area contributed by atoms with E-state index in [1.165, 1.54) is 0 Å². The molecule has 114 valence electrons. The summed E-state index contributed by atoms with van der Waals surface area (Å²) in [5.74, 6) is -0.384. The van der Waals surface area contributed by atoms with Gasteiger partial charge in [-0.3, -0.25) is 9.69 Å². The van der Waals surface area contributed by atoms with Crippen LogP contribution in [0.3, 0.4) is 0 Å². The average Bonchev–Trinajstić information content (AvgIpc) is 2.87. The van der Waals surface area contributed by atoms with Crippen LogP contribution in [0.25, 0.3) is 0 Å². The van der Waals surface area contributed by atoms with E-state index in [4.69, 9.17) is 5.26 Å². The van der Waals surface area contributed by atoms with Gasteiger partial charge in [0, 0.05) is 6.54 Å². The molecule has 1 aliphatic rings. The minimum Gasteiger partial charge on any atom is -0.505 e. The van der Waals surface area contributed by atoms with Crippen LogP contribution >= 0.6 is 15.9 Å². The number of aromatic hydroxyl groups is 1. The van der Waals surface area contributed by atoms with Crippen LogP contribution in [0.4, 0.5) is 5.69 Å². The Morgan fingerprint density at radius 1 is 1.52 bits per heavy atom. The summed E-state index contributed by atoms with van der Waals surface area (Å²) in [5, 5.41) is 21.5. The second kappa shape index (κ2) is 8.01. The predicted octanol–water partition coefficient (Wildman–Crippen LogP) is 2.96. The van der Waals surface area contributed by atoms with Crippen molar-refractivity contribution in [3.05, 3.63) is 22.7 Å². The van der Waals surface area contributed by atoms with Crippen LogP contribution < -0.4 is 5.32 Å². The van der Waals surface area contributed by atoms with Gasteiger partial charge in [0.1, 0.15) is 0 Å². The second-order valence-corrected chi connectivity index (χ2v) is 5.50. The highest BCUT2D eigenvalue weighted by Crippen LogP contribution is 2.32. The molecule has 0 radical (unpaired) electrons. The number of nitriles is 1. The fraction of sp³-hybridized carbons (Fsp3) is 0.467. The van der Waals surface area contributed by atoms with E-state index in [2.05, 4.69) is 27.3 Å². The SMILES string of the molecule is CC.CN1CC(C(=O)Nc2cccc(Br)c2O)CC1C#N. The number of carbonyl (C=O) groups excluding carboxylic acids is 1. The molecule has 1 heterocycles. The Hall–Kier alpha value is -1.58. The van der Waals surface area contributed by atoms with Gasteiger partial charge in [0.05, 0.1) is 28.2 Å². The molecular weight excluding hydrogens is 334 g/mol. The number of carbonyl (C=O) groups is 1. The minimum atomic E-state index is -0.229. The molecule has 2 unspecified atom stereocenters. The van der Waals surface area contributed by atoms with Crippen LogP contribution in [-0.4, -0.2) is 35.5 Å². The average molecular weight is 354 g/mol. The largest absolute Gasteiger partial charge is 0.505 e. The molecule has 1 fully saturated rings. The third kappa shape index (κ3) is 4.19. The van der Waals surface area contributed by atoms with Gasteiger partial charge in [-0.15, -0.1) is 0 Å². The van der Waals surface area contributed by atoms with E-state index >= 15 is 0 Å². The Morgan fingerprint density at radius 2 is 2.19 bits per heavy atom. The molecule has 1 saturated heterocycles. The van der Waals surface area contributed by atoms with Gasteiger partial charge in [-0.25, -0.2) is 0 Å². The number of nitrogens with zero attached hydrogens (tertiary/aromatic N) is 2. The highest BCUT2D eigenvalue weighted by molar-refractivity contribution is 9.10. The first-order chi connectivity index (χ1) is 10.0. The number of amides is 1. The fourth-order valence-electron chi connectivity index (χ4n) is 2.19. The van der Waals surface area contributed by atoms with Crippen LogP contribution in [0.15, 0.2) is 22.7 Å². The highest BCUT2D eigenvalue weighted by Gasteiger charge is 2.34. The number of anilines is 1. The first-order valence-corrected chi connectivity index (χ1v) is 7.70. The van der Waals surface area contributed by atoms with Crippen molar-refractivity contribution in [3.8, 4) is 11.8 Å². The lowest BCUT2D eigenvalue weighted by Crippen LogP contribution is -2.26. The molecule has 0 aliphatic carbocycles. The number of halogens is 1. The fourth-order valence-corrected chi connectivity index (χ4v) is 2.56. The van der Waals surface area contributed by atoms with Crippen molar-refractivity contribution in [1.29, 1.82) is 5.26 Å². The molecule has 5 nitrogen and oxygen atoms in total. The first kappa shape index (κ1) is 17.5. The van der Waals surface area contributed by atoms with Gasteiger partial charge in [-0.2, -0.15) is 5.26 Å². The number of para-hydroxylation sites is 1. The van der Waals surface area contributed by atoms with E-state index in [-0.39, 0.29) is 23.6 Å². The van der Waals surface area contributed by atoms with Crippen molar-refractivity contribution >= 4 is 27.5 Å². The molecule has 2 atom stereocenters. The summed E-state index contributed by atoms with van der Waals surface area (Å²) >= 11 is 3.20. The Labute approximate surface area is 133 Å². The second-order valence-electron chi connectivity index (χ2n) is 4.64. The van der Waals surface area contributed by atoms with Crippen molar-refractivity contribution in [3.63, 3.8) is 0 Å². The molecular formula is C15H20BrN3O2. The topological polar surface area (TPSA) is 76.4 Å². The molecule has 0 spiro atoms. The van der Waals surface area contributed by atoms with Gasteiger partial charge in [0.2, 0.25) is 5.91 Å². The molecule has 1 aliphatic heterocycles. The quantitative estimate of drug-likeness (QED) is 0.801. The third-order valence-electron chi connectivity index (χ3n) is 3.31. The summed E-state index contributed by atoms with van der Waals surface area (Å²) in [5.41, 5.74) is 0.377. The third-order valence-corrected chi connectivity index (χ3v) is 3.95. The number of phenolic OH excluding ortho intramolecular Hbond substituents is 1. The maximum atomic E-state index is 12.1. The van der Waals surface area contributed by atoms with E-state index in [0.29, 0.717) is 23.1 Å². The first-order valence-electron chi connectivity index (χ1n) is 6.91. The Kier molecular flexibility index (Phi) is 6.66. The summed E-state index contributed by atoms with van der Waals surface area (Å²) in [7, 11) is 1.83. The van der Waals surface area contributed by atoms with E-state index in [9.17, 15) is 9.90 Å². The van der Waals surface area contributed by atoms with Gasteiger partial charge in [0.15, 0.2) is 5.75 Å². The number of benzene rings is 1. The molecule has 1 amide bonds. The van der Waals surface area contributed by atoms with Gasteiger partial charge in [-0.05, 0) is 41.5 Å². The molecule has 6 heteroatoms. The van der Waals surface area contributed by atoms with Crippen LogP contribution in [-0.2, 0) is 4.79 Å². The molecule has 21 heavy (non-hydrogen) atoms. The Morgan fingerprint density at radius 3 is 2.76 bits per heavy atom. The molecule has 0 bridgehead atoms. The zero-order valence-electron chi connectivity index (χ0n) is 12.4. The smallest absolute Gasteiger partial charge is 0.228 e. The zero-order chi connectivity index (χ0) is 16.0. The monoisotopic (exact) mass is 353 g/mol. The maximum absolute atomic E-state index is 12.1. The lowest BCUT2D eigenvalue weighted by Gasteiger charge is -2.12.